The summed E-state index contributed by atoms with van der Waals surface area (Å²) in [7, 11) is 0. The molecule has 0 saturated heterocycles. The summed E-state index contributed by atoms with van der Waals surface area (Å²) in [6, 6.07) is 0. The van der Waals surface area contributed by atoms with E-state index in [0.717, 1.165) is 30.1 Å². The number of nitrogens with zero attached hydrogens (tertiary/aromatic N) is 2. The van der Waals surface area contributed by atoms with Crippen molar-refractivity contribution in [3.8, 4) is 0 Å². The van der Waals surface area contributed by atoms with Gasteiger partial charge in [0.25, 0.3) is 0 Å². The molecule has 0 bridgehead atoms. The van der Waals surface area contributed by atoms with Gasteiger partial charge in [-0.3, -0.25) is 0 Å². The zero-order valence-electron chi connectivity index (χ0n) is 8.96. The molecule has 4 heteroatoms. The standard InChI is InChI=1S/C10H17BrN2S/c1-4-5-9-12-10(14-13-9)6-8(11)7(2)3/h7-8H,4-6H2,1-3H3. The molecule has 0 N–H and O–H groups in total. The molecular weight excluding hydrogens is 260 g/mol. The van der Waals surface area contributed by atoms with Gasteiger partial charge in [-0.25, -0.2) is 4.98 Å². The van der Waals surface area contributed by atoms with Crippen LogP contribution in [-0.2, 0) is 12.8 Å². The van der Waals surface area contributed by atoms with Crippen LogP contribution < -0.4 is 0 Å². The van der Waals surface area contributed by atoms with Crippen molar-refractivity contribution in [1.29, 1.82) is 0 Å². The number of aryl methyl sites for hydroxylation is 1. The van der Waals surface area contributed by atoms with E-state index in [0.29, 0.717) is 10.7 Å². The van der Waals surface area contributed by atoms with Gasteiger partial charge in [0.05, 0.1) is 0 Å². The van der Waals surface area contributed by atoms with Gasteiger partial charge in [0.2, 0.25) is 0 Å². The second-order valence-electron chi connectivity index (χ2n) is 3.82. The summed E-state index contributed by atoms with van der Waals surface area (Å²) in [5.74, 6) is 1.66. The molecule has 1 unspecified atom stereocenters. The lowest BCUT2D eigenvalue weighted by Gasteiger charge is -2.10. The summed E-state index contributed by atoms with van der Waals surface area (Å²) in [5.41, 5.74) is 0. The smallest absolute Gasteiger partial charge is 0.142 e. The number of aromatic nitrogens is 2. The Morgan fingerprint density at radius 1 is 1.43 bits per heavy atom. The second kappa shape index (κ2) is 5.81. The fourth-order valence-corrected chi connectivity index (χ4v) is 2.36. The van der Waals surface area contributed by atoms with Gasteiger partial charge in [-0.15, -0.1) is 0 Å². The molecule has 14 heavy (non-hydrogen) atoms. The maximum absolute atomic E-state index is 4.50. The van der Waals surface area contributed by atoms with Crippen LogP contribution in [0.4, 0.5) is 0 Å². The summed E-state index contributed by atoms with van der Waals surface area (Å²) in [6.45, 7) is 6.59. The van der Waals surface area contributed by atoms with Crippen molar-refractivity contribution >= 4 is 27.5 Å². The molecule has 1 atom stereocenters. The van der Waals surface area contributed by atoms with Crippen LogP contribution in [0.25, 0.3) is 0 Å². The minimum Gasteiger partial charge on any atom is -0.225 e. The average molecular weight is 277 g/mol. The lowest BCUT2D eigenvalue weighted by Crippen LogP contribution is -2.10. The Balaban J connectivity index is 2.50. The number of alkyl halides is 1. The largest absolute Gasteiger partial charge is 0.225 e. The quantitative estimate of drug-likeness (QED) is 0.770. The number of rotatable bonds is 5. The first-order valence-corrected chi connectivity index (χ1v) is 6.78. The fraction of sp³-hybridized carbons (Fsp3) is 0.800. The normalized spacial score (nSPS) is 13.5. The Hall–Kier alpha value is 0.0400. The predicted octanol–water partition coefficient (Wildman–Crippen LogP) is 3.45. The lowest BCUT2D eigenvalue weighted by atomic mass is 10.1. The Bertz CT molecular complexity index is 273. The van der Waals surface area contributed by atoms with E-state index >= 15 is 0 Å². The number of hydrogen-bond acceptors (Lipinski definition) is 3. The van der Waals surface area contributed by atoms with Gasteiger partial charge in [-0.1, -0.05) is 36.7 Å². The Kier molecular flexibility index (Phi) is 5.02. The van der Waals surface area contributed by atoms with E-state index in [4.69, 9.17) is 0 Å². The van der Waals surface area contributed by atoms with Crippen molar-refractivity contribution < 1.29 is 0 Å². The van der Waals surface area contributed by atoms with Crippen LogP contribution in [0.5, 0.6) is 0 Å². The third-order valence-corrected chi connectivity index (χ3v) is 4.23. The molecule has 0 radical (unpaired) electrons. The highest BCUT2D eigenvalue weighted by atomic mass is 79.9. The maximum Gasteiger partial charge on any atom is 0.142 e. The minimum absolute atomic E-state index is 0.518. The third kappa shape index (κ3) is 3.65. The van der Waals surface area contributed by atoms with Crippen molar-refractivity contribution in [2.75, 3.05) is 0 Å². The highest BCUT2D eigenvalue weighted by molar-refractivity contribution is 9.09. The summed E-state index contributed by atoms with van der Waals surface area (Å²) >= 11 is 5.21. The summed E-state index contributed by atoms with van der Waals surface area (Å²) in [6.07, 6.45) is 3.13. The van der Waals surface area contributed by atoms with E-state index in [1.807, 2.05) is 0 Å². The number of hydrogen-bond donors (Lipinski definition) is 0. The van der Waals surface area contributed by atoms with E-state index in [2.05, 4.69) is 46.1 Å². The molecular formula is C10H17BrN2S. The minimum atomic E-state index is 0.518. The van der Waals surface area contributed by atoms with Gasteiger partial charge in [0, 0.05) is 17.7 Å². The van der Waals surface area contributed by atoms with E-state index in [1.165, 1.54) is 0 Å². The molecule has 0 aliphatic heterocycles. The topological polar surface area (TPSA) is 25.8 Å². The molecule has 0 amide bonds. The van der Waals surface area contributed by atoms with Crippen molar-refractivity contribution in [3.63, 3.8) is 0 Å². The highest BCUT2D eigenvalue weighted by Gasteiger charge is 2.13. The maximum atomic E-state index is 4.50. The van der Waals surface area contributed by atoms with Gasteiger partial charge in [0.15, 0.2) is 0 Å². The molecule has 1 aromatic heterocycles. The highest BCUT2D eigenvalue weighted by Crippen LogP contribution is 2.19. The SMILES string of the molecule is CCCc1nsc(CC(Br)C(C)C)n1. The summed E-state index contributed by atoms with van der Waals surface area (Å²) < 4.78 is 4.33. The van der Waals surface area contributed by atoms with E-state index in [-0.39, 0.29) is 0 Å². The Morgan fingerprint density at radius 2 is 2.14 bits per heavy atom. The van der Waals surface area contributed by atoms with Gasteiger partial charge in [-0.05, 0) is 23.9 Å². The van der Waals surface area contributed by atoms with Crippen LogP contribution in [0.1, 0.15) is 38.0 Å². The second-order valence-corrected chi connectivity index (χ2v) is 5.83. The average Bonchev–Trinajstić information content (AvgIpc) is 2.53. The van der Waals surface area contributed by atoms with Crippen molar-refractivity contribution in [2.24, 2.45) is 5.92 Å². The van der Waals surface area contributed by atoms with Gasteiger partial charge >= 0.3 is 0 Å². The first-order chi connectivity index (χ1) is 6.63. The molecule has 1 heterocycles. The molecule has 0 fully saturated rings. The fourth-order valence-electron chi connectivity index (χ4n) is 1.10. The molecule has 2 nitrogen and oxygen atoms in total. The first-order valence-electron chi connectivity index (χ1n) is 5.09. The van der Waals surface area contributed by atoms with Crippen molar-refractivity contribution in [2.45, 2.75) is 44.9 Å². The monoisotopic (exact) mass is 276 g/mol. The molecule has 0 saturated carbocycles. The Morgan fingerprint density at radius 3 is 2.71 bits per heavy atom. The van der Waals surface area contributed by atoms with Crippen LogP contribution >= 0.6 is 27.5 Å². The van der Waals surface area contributed by atoms with Gasteiger partial charge < -0.3 is 0 Å². The van der Waals surface area contributed by atoms with Crippen molar-refractivity contribution in [3.05, 3.63) is 10.8 Å². The van der Waals surface area contributed by atoms with Crippen LogP contribution in [0.3, 0.4) is 0 Å². The third-order valence-electron chi connectivity index (χ3n) is 2.08. The molecule has 0 spiro atoms. The van der Waals surface area contributed by atoms with Gasteiger partial charge in [0.1, 0.15) is 10.8 Å². The Labute approximate surface area is 98.4 Å². The zero-order chi connectivity index (χ0) is 10.6. The van der Waals surface area contributed by atoms with Crippen molar-refractivity contribution in [1.82, 2.24) is 9.36 Å². The van der Waals surface area contributed by atoms with Crippen LogP contribution in [0.2, 0.25) is 0 Å². The molecule has 0 aliphatic rings. The molecule has 0 aromatic carbocycles. The molecule has 80 valence electrons. The lowest BCUT2D eigenvalue weighted by molar-refractivity contribution is 0.611. The number of halogens is 1. The first kappa shape index (κ1) is 12.1. The molecule has 1 rings (SSSR count). The van der Waals surface area contributed by atoms with E-state index < -0.39 is 0 Å². The van der Waals surface area contributed by atoms with E-state index in [1.54, 1.807) is 11.5 Å². The van der Waals surface area contributed by atoms with Gasteiger partial charge in [-0.2, -0.15) is 4.37 Å². The molecule has 0 aliphatic carbocycles. The summed E-state index contributed by atoms with van der Waals surface area (Å²) in [5, 5.41) is 1.16. The molecule has 1 aromatic rings. The van der Waals surface area contributed by atoms with E-state index in [9.17, 15) is 0 Å². The van der Waals surface area contributed by atoms with Crippen LogP contribution in [0, 0.1) is 5.92 Å². The zero-order valence-corrected chi connectivity index (χ0v) is 11.4. The van der Waals surface area contributed by atoms with Crippen LogP contribution in [-0.4, -0.2) is 14.2 Å². The predicted molar refractivity (Wildman–Crippen MR) is 65.2 cm³/mol. The van der Waals surface area contributed by atoms with Crippen LogP contribution in [0.15, 0.2) is 0 Å². The summed E-state index contributed by atoms with van der Waals surface area (Å²) in [4.78, 5) is 5.02.